The second kappa shape index (κ2) is 8.69. The predicted molar refractivity (Wildman–Crippen MR) is 111 cm³/mol. The summed E-state index contributed by atoms with van der Waals surface area (Å²) < 4.78 is 60.5. The number of sulfonamides is 2. The average molecular weight is 472 g/mol. The van der Waals surface area contributed by atoms with E-state index < -0.39 is 41.3 Å². The molecule has 1 aliphatic heterocycles. The van der Waals surface area contributed by atoms with Gasteiger partial charge >= 0.3 is 5.69 Å². The number of aromatic hydroxyl groups is 1. The zero-order chi connectivity index (χ0) is 22.8. The first-order valence-corrected chi connectivity index (χ1v) is 12.3. The van der Waals surface area contributed by atoms with Gasteiger partial charge in [0.05, 0.1) is 22.1 Å². The van der Waals surface area contributed by atoms with Gasteiger partial charge in [-0.05, 0) is 50.1 Å². The Bertz CT molecular complexity index is 1210. The number of phenols is 1. The molecule has 0 unspecified atom stereocenters. The second-order valence-corrected chi connectivity index (χ2v) is 10.3. The van der Waals surface area contributed by atoms with Crippen LogP contribution in [0.25, 0.3) is 0 Å². The van der Waals surface area contributed by atoms with Crippen LogP contribution < -0.4 is 9.46 Å². The first-order chi connectivity index (χ1) is 14.6. The van der Waals surface area contributed by atoms with Gasteiger partial charge in [-0.2, -0.15) is 4.31 Å². The molecule has 0 amide bonds. The van der Waals surface area contributed by atoms with Gasteiger partial charge in [-0.3, -0.25) is 14.8 Å². The first-order valence-electron chi connectivity index (χ1n) is 9.33. The minimum Gasteiger partial charge on any atom is -0.502 e. The Kier molecular flexibility index (Phi) is 6.38. The van der Waals surface area contributed by atoms with Crippen molar-refractivity contribution in [3.63, 3.8) is 0 Å². The molecule has 0 aliphatic carbocycles. The third-order valence-corrected chi connectivity index (χ3v) is 7.93. The molecule has 13 heteroatoms. The van der Waals surface area contributed by atoms with Gasteiger partial charge in [-0.15, -0.1) is 0 Å². The van der Waals surface area contributed by atoms with E-state index in [4.69, 9.17) is 4.74 Å². The number of phenolic OH excluding ortho intramolecular Hbond substituents is 1. The smallest absolute Gasteiger partial charge is 0.312 e. The quantitative estimate of drug-likeness (QED) is 0.439. The van der Waals surface area contributed by atoms with Gasteiger partial charge in [-0.25, -0.2) is 16.8 Å². The van der Waals surface area contributed by atoms with E-state index in [1.165, 1.54) is 16.4 Å². The molecule has 3 rings (SSSR count). The third-order valence-electron chi connectivity index (χ3n) is 4.63. The van der Waals surface area contributed by atoms with Crippen molar-refractivity contribution in [1.82, 2.24) is 4.31 Å². The largest absolute Gasteiger partial charge is 0.502 e. The molecule has 0 saturated carbocycles. The van der Waals surface area contributed by atoms with E-state index in [9.17, 15) is 32.1 Å². The van der Waals surface area contributed by atoms with Gasteiger partial charge in [0.25, 0.3) is 10.0 Å². The number of benzene rings is 2. The predicted octanol–water partition coefficient (Wildman–Crippen LogP) is 2.28. The topological polar surface area (TPSA) is 156 Å². The summed E-state index contributed by atoms with van der Waals surface area (Å²) in [7, 11) is -8.21. The van der Waals surface area contributed by atoms with E-state index in [1.807, 2.05) is 0 Å². The third kappa shape index (κ3) is 4.73. The van der Waals surface area contributed by atoms with Crippen molar-refractivity contribution in [2.45, 2.75) is 29.6 Å². The lowest BCUT2D eigenvalue weighted by molar-refractivity contribution is -0.386. The molecule has 0 radical (unpaired) electrons. The molecule has 11 nitrogen and oxygen atoms in total. The second-order valence-electron chi connectivity index (χ2n) is 6.72. The molecule has 1 aliphatic rings. The maximum Gasteiger partial charge on any atom is 0.312 e. The lowest BCUT2D eigenvalue weighted by atomic mass is 10.3. The highest BCUT2D eigenvalue weighted by Gasteiger charge is 2.31. The van der Waals surface area contributed by atoms with Crippen LogP contribution in [0, 0.1) is 10.1 Å². The Labute approximate surface area is 179 Å². The number of hydrogen-bond donors (Lipinski definition) is 2. The number of anilines is 1. The summed E-state index contributed by atoms with van der Waals surface area (Å²) in [5.74, 6) is -0.582. The molecule has 1 heterocycles. The molecular weight excluding hydrogens is 450 g/mol. The fourth-order valence-corrected chi connectivity index (χ4v) is 5.89. The van der Waals surface area contributed by atoms with Crippen molar-refractivity contribution in [3.8, 4) is 11.5 Å². The van der Waals surface area contributed by atoms with Gasteiger partial charge in [0.1, 0.15) is 10.6 Å². The number of nitrogens with zero attached hydrogens (tertiary/aromatic N) is 2. The van der Waals surface area contributed by atoms with E-state index in [2.05, 4.69) is 4.72 Å². The summed E-state index contributed by atoms with van der Waals surface area (Å²) in [5, 5.41) is 20.5. The Morgan fingerprint density at radius 2 is 1.81 bits per heavy atom. The number of nitro groups is 1. The van der Waals surface area contributed by atoms with Crippen LogP contribution in [0.15, 0.2) is 46.2 Å². The maximum atomic E-state index is 13.0. The minimum atomic E-state index is -4.31. The molecule has 2 aromatic carbocycles. The van der Waals surface area contributed by atoms with Crippen LogP contribution in [0.2, 0.25) is 0 Å². The Balaban J connectivity index is 2.00. The maximum absolute atomic E-state index is 13.0. The first kappa shape index (κ1) is 22.8. The molecule has 0 atom stereocenters. The van der Waals surface area contributed by atoms with Crippen molar-refractivity contribution >= 4 is 31.4 Å². The zero-order valence-corrected chi connectivity index (χ0v) is 18.1. The average Bonchev–Trinajstić information content (AvgIpc) is 3.24. The molecule has 31 heavy (non-hydrogen) atoms. The molecule has 0 spiro atoms. The van der Waals surface area contributed by atoms with Gasteiger partial charge in [0.15, 0.2) is 5.75 Å². The highest BCUT2D eigenvalue weighted by Crippen LogP contribution is 2.33. The lowest BCUT2D eigenvalue weighted by Gasteiger charge is -2.19. The van der Waals surface area contributed by atoms with Gasteiger partial charge < -0.3 is 9.84 Å². The Morgan fingerprint density at radius 1 is 1.13 bits per heavy atom. The van der Waals surface area contributed by atoms with E-state index >= 15 is 0 Å². The Hall–Kier alpha value is -2.90. The minimum absolute atomic E-state index is 0.0584. The monoisotopic (exact) mass is 471 g/mol. The highest BCUT2D eigenvalue weighted by molar-refractivity contribution is 7.92. The highest BCUT2D eigenvalue weighted by atomic mass is 32.2. The summed E-state index contributed by atoms with van der Waals surface area (Å²) in [6, 6.07) is 6.46. The molecule has 1 fully saturated rings. The van der Waals surface area contributed by atoms with Crippen LogP contribution in [0.4, 0.5) is 11.4 Å². The summed E-state index contributed by atoms with van der Waals surface area (Å²) in [6.07, 6.45) is 1.46. The van der Waals surface area contributed by atoms with Crippen LogP contribution in [0.5, 0.6) is 11.5 Å². The fourth-order valence-electron chi connectivity index (χ4n) is 3.15. The van der Waals surface area contributed by atoms with Crippen molar-refractivity contribution in [2.24, 2.45) is 0 Å². The number of nitrogens with one attached hydrogen (secondary N) is 1. The number of rotatable bonds is 8. The number of hydrogen-bond acceptors (Lipinski definition) is 8. The van der Waals surface area contributed by atoms with E-state index in [0.717, 1.165) is 31.0 Å². The molecule has 2 aromatic rings. The molecular formula is C18H21N3O8S2. The standard InChI is InChI=1S/C18H21N3O8S2/c1-2-29-17-8-5-13(11-18(17)31(27,28)20-9-3-4-10-20)19-30(25,26)14-6-7-16(22)15(12-14)21(23)24/h5-8,11-12,19,22H,2-4,9-10H2,1H3. The van der Waals surface area contributed by atoms with Crippen molar-refractivity contribution in [3.05, 3.63) is 46.5 Å². The van der Waals surface area contributed by atoms with E-state index in [1.54, 1.807) is 6.92 Å². The SMILES string of the molecule is CCOc1ccc(NS(=O)(=O)c2ccc(O)c([N+](=O)[O-])c2)cc1S(=O)(=O)N1CCCC1. The fraction of sp³-hybridized carbons (Fsp3) is 0.333. The molecule has 1 saturated heterocycles. The van der Waals surface area contributed by atoms with Crippen LogP contribution >= 0.6 is 0 Å². The molecule has 168 valence electrons. The lowest BCUT2D eigenvalue weighted by Crippen LogP contribution is -2.28. The number of ether oxygens (including phenoxy) is 1. The van der Waals surface area contributed by atoms with Crippen LogP contribution in [-0.4, -0.2) is 50.9 Å². The molecule has 2 N–H and O–H groups in total. The normalized spacial score (nSPS) is 15.0. The van der Waals surface area contributed by atoms with Crippen LogP contribution in [-0.2, 0) is 20.0 Å². The summed E-state index contributed by atoms with van der Waals surface area (Å²) in [5.41, 5.74) is -0.830. The molecule has 0 bridgehead atoms. The van der Waals surface area contributed by atoms with Gasteiger partial charge in [-0.1, -0.05) is 0 Å². The Morgan fingerprint density at radius 3 is 2.42 bits per heavy atom. The van der Waals surface area contributed by atoms with Gasteiger partial charge in [0, 0.05) is 19.2 Å². The summed E-state index contributed by atoms with van der Waals surface area (Å²) >= 11 is 0. The van der Waals surface area contributed by atoms with Crippen LogP contribution in [0.1, 0.15) is 19.8 Å². The number of nitro benzene ring substituents is 1. The summed E-state index contributed by atoms with van der Waals surface area (Å²) in [4.78, 5) is 9.44. The van der Waals surface area contributed by atoms with Crippen molar-refractivity contribution < 1.29 is 31.6 Å². The van der Waals surface area contributed by atoms with Crippen LogP contribution in [0.3, 0.4) is 0 Å². The summed E-state index contributed by atoms with van der Waals surface area (Å²) in [6.45, 7) is 2.63. The molecule has 0 aromatic heterocycles. The van der Waals surface area contributed by atoms with Crippen molar-refractivity contribution in [1.29, 1.82) is 0 Å². The van der Waals surface area contributed by atoms with Gasteiger partial charge in [0.2, 0.25) is 10.0 Å². The van der Waals surface area contributed by atoms with Crippen molar-refractivity contribution in [2.75, 3.05) is 24.4 Å². The van der Waals surface area contributed by atoms with E-state index in [-0.39, 0.29) is 22.9 Å². The van der Waals surface area contributed by atoms with E-state index in [0.29, 0.717) is 19.2 Å². The zero-order valence-electron chi connectivity index (χ0n) is 16.5.